The highest BCUT2D eigenvalue weighted by Gasteiger charge is 2.26. The molecule has 0 saturated carbocycles. The number of ether oxygens (including phenoxy) is 1. The van der Waals surface area contributed by atoms with E-state index in [0.717, 1.165) is 38.5 Å². The molecule has 3 N–H and O–H groups in total. The summed E-state index contributed by atoms with van der Waals surface area (Å²) in [5, 5.41) is 2.75. The highest BCUT2D eigenvalue weighted by Crippen LogP contribution is 2.13. The molecule has 20 heavy (non-hydrogen) atoms. The van der Waals surface area contributed by atoms with Gasteiger partial charge in [0.1, 0.15) is 6.04 Å². The molecule has 5 heteroatoms. The number of allylic oxidation sites excluding steroid dienone is 1. The Morgan fingerprint density at radius 1 is 1.35 bits per heavy atom. The molecule has 0 aromatic heterocycles. The van der Waals surface area contributed by atoms with Crippen LogP contribution < -0.4 is 11.1 Å². The van der Waals surface area contributed by atoms with Gasteiger partial charge >= 0.3 is 0 Å². The first kappa shape index (κ1) is 16.7. The fourth-order valence-electron chi connectivity index (χ4n) is 2.31. The van der Waals surface area contributed by atoms with Gasteiger partial charge in [-0.3, -0.25) is 9.59 Å². The van der Waals surface area contributed by atoms with Gasteiger partial charge in [0.2, 0.25) is 11.8 Å². The Morgan fingerprint density at radius 3 is 2.70 bits per heavy atom. The zero-order valence-electron chi connectivity index (χ0n) is 12.1. The van der Waals surface area contributed by atoms with E-state index in [1.54, 1.807) is 0 Å². The number of nitrogens with two attached hydrogens (primary N) is 1. The summed E-state index contributed by atoms with van der Waals surface area (Å²) in [6, 6.07) is -0.553. The summed E-state index contributed by atoms with van der Waals surface area (Å²) >= 11 is 0. The van der Waals surface area contributed by atoms with Gasteiger partial charge < -0.3 is 15.8 Å². The van der Waals surface area contributed by atoms with Crippen LogP contribution in [0.2, 0.25) is 0 Å². The van der Waals surface area contributed by atoms with Crippen LogP contribution >= 0.6 is 0 Å². The van der Waals surface area contributed by atoms with Crippen molar-refractivity contribution in [2.45, 2.75) is 51.0 Å². The Kier molecular flexibility index (Phi) is 7.95. The lowest BCUT2D eigenvalue weighted by Gasteiger charge is -2.17. The summed E-state index contributed by atoms with van der Waals surface area (Å²) in [5.74, 6) is -0.703. The standard InChI is InChI=1S/C15H26N2O3/c1-2-3-4-5-6-7-8-13(14(16)18)17-15(19)12-9-10-20-11-12/h2,12-13H,1,3-11H2,(H2,16,18)(H,17,19)/t12-,13-/m0/s1. The van der Waals surface area contributed by atoms with Gasteiger partial charge in [0, 0.05) is 6.61 Å². The fraction of sp³-hybridized carbons (Fsp3) is 0.733. The summed E-state index contributed by atoms with van der Waals surface area (Å²) in [4.78, 5) is 23.3. The minimum atomic E-state index is -0.553. The third-order valence-corrected chi connectivity index (χ3v) is 3.61. The maximum absolute atomic E-state index is 11.9. The summed E-state index contributed by atoms with van der Waals surface area (Å²) in [6.07, 6.45) is 8.44. The van der Waals surface area contributed by atoms with Crippen molar-refractivity contribution < 1.29 is 14.3 Å². The molecule has 0 aromatic carbocycles. The quantitative estimate of drug-likeness (QED) is 0.471. The van der Waals surface area contributed by atoms with E-state index in [1.807, 2.05) is 6.08 Å². The normalized spacial score (nSPS) is 19.5. The van der Waals surface area contributed by atoms with Crippen LogP contribution in [0.5, 0.6) is 0 Å². The molecule has 0 bridgehead atoms. The van der Waals surface area contributed by atoms with E-state index in [-0.39, 0.29) is 11.8 Å². The number of nitrogens with one attached hydrogen (secondary N) is 1. The predicted octanol–water partition coefficient (Wildman–Crippen LogP) is 1.52. The first-order valence-corrected chi connectivity index (χ1v) is 7.43. The second-order valence-corrected chi connectivity index (χ2v) is 5.30. The van der Waals surface area contributed by atoms with Crippen molar-refractivity contribution in [2.75, 3.05) is 13.2 Å². The van der Waals surface area contributed by atoms with Crippen LogP contribution in [0.4, 0.5) is 0 Å². The van der Waals surface area contributed by atoms with Gasteiger partial charge in [-0.25, -0.2) is 0 Å². The van der Waals surface area contributed by atoms with Crippen LogP contribution in [0.15, 0.2) is 12.7 Å². The molecule has 1 heterocycles. The molecule has 114 valence electrons. The molecule has 1 aliphatic heterocycles. The minimum Gasteiger partial charge on any atom is -0.381 e. The van der Waals surface area contributed by atoms with Gasteiger partial charge in [-0.2, -0.15) is 0 Å². The topological polar surface area (TPSA) is 81.4 Å². The molecule has 1 saturated heterocycles. The summed E-state index contributed by atoms with van der Waals surface area (Å²) in [7, 11) is 0. The van der Waals surface area contributed by atoms with E-state index in [9.17, 15) is 9.59 Å². The highest BCUT2D eigenvalue weighted by atomic mass is 16.5. The van der Waals surface area contributed by atoms with Gasteiger partial charge in [0.25, 0.3) is 0 Å². The van der Waals surface area contributed by atoms with E-state index in [0.29, 0.717) is 19.6 Å². The average molecular weight is 282 g/mol. The maximum Gasteiger partial charge on any atom is 0.239 e. The maximum atomic E-state index is 11.9. The smallest absolute Gasteiger partial charge is 0.239 e. The van der Waals surface area contributed by atoms with E-state index in [2.05, 4.69) is 11.9 Å². The van der Waals surface area contributed by atoms with Crippen molar-refractivity contribution in [3.05, 3.63) is 12.7 Å². The van der Waals surface area contributed by atoms with E-state index in [4.69, 9.17) is 10.5 Å². The number of amides is 2. The SMILES string of the molecule is C=CCCCCCC[C@H](NC(=O)[C@H]1CCOC1)C(N)=O. The Morgan fingerprint density at radius 2 is 2.10 bits per heavy atom. The Hall–Kier alpha value is -1.36. The largest absolute Gasteiger partial charge is 0.381 e. The summed E-state index contributed by atoms with van der Waals surface area (Å²) < 4.78 is 5.17. The van der Waals surface area contributed by atoms with Crippen molar-refractivity contribution in [1.29, 1.82) is 0 Å². The number of rotatable bonds is 10. The van der Waals surface area contributed by atoms with Crippen molar-refractivity contribution in [1.82, 2.24) is 5.32 Å². The van der Waals surface area contributed by atoms with Gasteiger partial charge in [0.05, 0.1) is 12.5 Å². The molecule has 1 aliphatic rings. The van der Waals surface area contributed by atoms with Crippen molar-refractivity contribution in [3.8, 4) is 0 Å². The lowest BCUT2D eigenvalue weighted by molar-refractivity contribution is -0.130. The highest BCUT2D eigenvalue weighted by molar-refractivity contribution is 5.87. The lowest BCUT2D eigenvalue weighted by Crippen LogP contribution is -2.46. The van der Waals surface area contributed by atoms with Gasteiger partial charge in [0.15, 0.2) is 0 Å². The third kappa shape index (κ3) is 6.19. The molecule has 0 spiro atoms. The number of hydrogen-bond acceptors (Lipinski definition) is 3. The van der Waals surface area contributed by atoms with E-state index >= 15 is 0 Å². The summed E-state index contributed by atoms with van der Waals surface area (Å²) in [6.45, 7) is 4.74. The first-order chi connectivity index (χ1) is 9.65. The zero-order chi connectivity index (χ0) is 14.8. The molecule has 2 atom stereocenters. The molecule has 1 fully saturated rings. The number of carbonyl (C=O) groups excluding carboxylic acids is 2. The Bertz CT molecular complexity index is 325. The molecular formula is C15H26N2O3. The van der Waals surface area contributed by atoms with Crippen LogP contribution in [-0.4, -0.2) is 31.1 Å². The van der Waals surface area contributed by atoms with Crippen LogP contribution in [0, 0.1) is 5.92 Å². The molecule has 0 aliphatic carbocycles. The monoisotopic (exact) mass is 282 g/mol. The second-order valence-electron chi connectivity index (χ2n) is 5.30. The molecule has 1 rings (SSSR count). The molecule has 0 aromatic rings. The summed E-state index contributed by atoms with van der Waals surface area (Å²) in [5.41, 5.74) is 5.35. The van der Waals surface area contributed by atoms with Crippen LogP contribution in [0.1, 0.15) is 44.9 Å². The Labute approximate surface area is 120 Å². The van der Waals surface area contributed by atoms with E-state index < -0.39 is 11.9 Å². The average Bonchev–Trinajstić information content (AvgIpc) is 2.95. The second kappa shape index (κ2) is 9.53. The molecular weight excluding hydrogens is 256 g/mol. The van der Waals surface area contributed by atoms with Crippen molar-refractivity contribution in [2.24, 2.45) is 11.7 Å². The third-order valence-electron chi connectivity index (χ3n) is 3.61. The zero-order valence-corrected chi connectivity index (χ0v) is 12.1. The number of carbonyl (C=O) groups is 2. The van der Waals surface area contributed by atoms with Crippen LogP contribution in [0.3, 0.4) is 0 Å². The molecule has 2 amide bonds. The Balaban J connectivity index is 2.23. The predicted molar refractivity (Wildman–Crippen MR) is 78.0 cm³/mol. The number of primary amides is 1. The van der Waals surface area contributed by atoms with Crippen molar-refractivity contribution >= 4 is 11.8 Å². The molecule has 5 nitrogen and oxygen atoms in total. The van der Waals surface area contributed by atoms with Gasteiger partial charge in [-0.15, -0.1) is 6.58 Å². The van der Waals surface area contributed by atoms with Crippen LogP contribution in [-0.2, 0) is 14.3 Å². The number of hydrogen-bond donors (Lipinski definition) is 2. The number of unbranched alkanes of at least 4 members (excludes halogenated alkanes) is 4. The minimum absolute atomic E-state index is 0.113. The molecule has 0 radical (unpaired) electrons. The molecule has 0 unspecified atom stereocenters. The van der Waals surface area contributed by atoms with Crippen molar-refractivity contribution in [3.63, 3.8) is 0 Å². The van der Waals surface area contributed by atoms with E-state index in [1.165, 1.54) is 0 Å². The first-order valence-electron chi connectivity index (χ1n) is 7.43. The van der Waals surface area contributed by atoms with Gasteiger partial charge in [-0.05, 0) is 25.7 Å². The fourth-order valence-corrected chi connectivity index (χ4v) is 2.31. The van der Waals surface area contributed by atoms with Crippen LogP contribution in [0.25, 0.3) is 0 Å². The van der Waals surface area contributed by atoms with Gasteiger partial charge in [-0.1, -0.05) is 25.3 Å². The lowest BCUT2D eigenvalue weighted by atomic mass is 10.0.